The molecule has 0 unspecified atom stereocenters. The highest BCUT2D eigenvalue weighted by atomic mass is 16.4. The van der Waals surface area contributed by atoms with Gasteiger partial charge in [0.25, 0.3) is 0 Å². The van der Waals surface area contributed by atoms with Crippen LogP contribution in [0.5, 0.6) is 0 Å². The first-order chi connectivity index (χ1) is 9.56. The van der Waals surface area contributed by atoms with Crippen molar-refractivity contribution in [3.05, 3.63) is 43.7 Å². The number of aryl methyl sites for hydroxylation is 2. The van der Waals surface area contributed by atoms with Crippen molar-refractivity contribution >= 4 is 33.3 Å². The zero-order valence-corrected chi connectivity index (χ0v) is 10.6. The molecule has 3 aromatic rings. The van der Waals surface area contributed by atoms with Crippen LogP contribution in [0.15, 0.2) is 36.1 Å². The summed E-state index contributed by atoms with van der Waals surface area (Å²) in [6.07, 6.45) is 0. The lowest BCUT2D eigenvalue weighted by Crippen LogP contribution is -1.99. The van der Waals surface area contributed by atoms with E-state index >= 15 is 0 Å². The first-order valence-electron chi connectivity index (χ1n) is 5.74. The van der Waals surface area contributed by atoms with Crippen LogP contribution in [0.3, 0.4) is 0 Å². The number of hydrogen-bond donors (Lipinski definition) is 0. The minimum atomic E-state index is -0.564. The summed E-state index contributed by atoms with van der Waals surface area (Å²) in [5.41, 5.74) is 0.196. The van der Waals surface area contributed by atoms with E-state index in [2.05, 4.69) is 10.4 Å². The highest BCUT2D eigenvalue weighted by Gasteiger charge is 2.20. The highest BCUT2D eigenvalue weighted by molar-refractivity contribution is 6.09. The van der Waals surface area contributed by atoms with Gasteiger partial charge in [-0.25, -0.2) is 4.79 Å². The van der Waals surface area contributed by atoms with Gasteiger partial charge in [0.1, 0.15) is 33.7 Å². The molecule has 0 fully saturated rings. The van der Waals surface area contributed by atoms with E-state index in [0.717, 1.165) is 0 Å². The van der Waals surface area contributed by atoms with Crippen LogP contribution in [0.1, 0.15) is 11.3 Å². The van der Waals surface area contributed by atoms with Crippen molar-refractivity contribution in [2.45, 2.75) is 13.8 Å². The van der Waals surface area contributed by atoms with Crippen LogP contribution in [-0.2, 0) is 0 Å². The van der Waals surface area contributed by atoms with E-state index in [0.29, 0.717) is 22.3 Å². The van der Waals surface area contributed by atoms with Gasteiger partial charge in [0.2, 0.25) is 0 Å². The molecule has 0 bridgehead atoms. The third-order valence-electron chi connectivity index (χ3n) is 3.19. The quantitative estimate of drug-likeness (QED) is 0.657. The van der Waals surface area contributed by atoms with E-state index in [-0.39, 0.29) is 22.3 Å². The lowest BCUT2D eigenvalue weighted by molar-refractivity contribution is 0.486. The second-order valence-corrected chi connectivity index (χ2v) is 4.41. The molecule has 20 heavy (non-hydrogen) atoms. The van der Waals surface area contributed by atoms with Crippen LogP contribution in [0.4, 0.5) is 11.4 Å². The summed E-state index contributed by atoms with van der Waals surface area (Å²) in [6, 6.07) is 2.86. The number of fused-ring (bicyclic) bond motifs is 3. The molecule has 0 saturated heterocycles. The standard InChI is InChI=1S/C13H8N2O5/c1-5-3-8-11(13(16)19-5)10-6(2)12(15-18)7(14-17)4-9(10)20-8/h3-4H,1-2H3. The maximum atomic E-state index is 12.0. The number of hydrogen-bond acceptors (Lipinski definition) is 7. The first-order valence-corrected chi connectivity index (χ1v) is 5.74. The normalized spacial score (nSPS) is 11.1. The number of nitroso groups, excluding NO2 is 2. The molecular formula is C13H8N2O5. The van der Waals surface area contributed by atoms with Gasteiger partial charge in [0.05, 0.1) is 0 Å². The van der Waals surface area contributed by atoms with Gasteiger partial charge >= 0.3 is 5.63 Å². The van der Waals surface area contributed by atoms with Gasteiger partial charge in [0.15, 0.2) is 0 Å². The van der Waals surface area contributed by atoms with Gasteiger partial charge in [-0.05, 0) is 29.8 Å². The molecule has 2 aromatic heterocycles. The molecule has 0 aliphatic carbocycles. The SMILES string of the molecule is Cc1cc2oc3cc(N=O)c(N=O)c(C)c3c2c(=O)o1. The Morgan fingerprint density at radius 2 is 1.65 bits per heavy atom. The fourth-order valence-corrected chi connectivity index (χ4v) is 2.34. The Labute approximate surface area is 111 Å². The predicted octanol–water partition coefficient (Wildman–Crippen LogP) is 3.95. The third kappa shape index (κ3) is 1.49. The van der Waals surface area contributed by atoms with E-state index in [1.54, 1.807) is 19.9 Å². The molecule has 1 aromatic carbocycles. The van der Waals surface area contributed by atoms with Crippen molar-refractivity contribution in [2.75, 3.05) is 0 Å². The molecular weight excluding hydrogens is 264 g/mol. The zero-order valence-electron chi connectivity index (χ0n) is 10.6. The minimum absolute atomic E-state index is 0.102. The van der Waals surface area contributed by atoms with Crippen LogP contribution in [0.2, 0.25) is 0 Å². The van der Waals surface area contributed by atoms with Crippen LogP contribution in [0.25, 0.3) is 21.9 Å². The average Bonchev–Trinajstić information content (AvgIpc) is 2.76. The van der Waals surface area contributed by atoms with E-state index in [1.165, 1.54) is 6.07 Å². The first kappa shape index (κ1) is 12.2. The van der Waals surface area contributed by atoms with Crippen molar-refractivity contribution in [2.24, 2.45) is 10.4 Å². The fourth-order valence-electron chi connectivity index (χ4n) is 2.34. The smallest absolute Gasteiger partial charge is 0.347 e. The topological polar surface area (TPSA) is 102 Å². The van der Waals surface area contributed by atoms with Gasteiger partial charge in [-0.3, -0.25) is 0 Å². The van der Waals surface area contributed by atoms with Gasteiger partial charge in [0, 0.05) is 17.5 Å². The van der Waals surface area contributed by atoms with Gasteiger partial charge in [-0.2, -0.15) is 0 Å². The molecule has 0 amide bonds. The summed E-state index contributed by atoms with van der Waals surface area (Å²) in [6.45, 7) is 3.19. The monoisotopic (exact) mass is 272 g/mol. The van der Waals surface area contributed by atoms with Crippen molar-refractivity contribution in [3.8, 4) is 0 Å². The Hall–Kier alpha value is -2.83. The zero-order chi connectivity index (χ0) is 14.4. The molecule has 2 heterocycles. The average molecular weight is 272 g/mol. The maximum Gasteiger partial charge on any atom is 0.347 e. The third-order valence-corrected chi connectivity index (χ3v) is 3.19. The van der Waals surface area contributed by atoms with Crippen molar-refractivity contribution < 1.29 is 8.83 Å². The highest BCUT2D eigenvalue weighted by Crippen LogP contribution is 2.40. The molecule has 0 aliphatic heterocycles. The summed E-state index contributed by atoms with van der Waals surface area (Å²) in [7, 11) is 0. The van der Waals surface area contributed by atoms with Crippen molar-refractivity contribution in [1.29, 1.82) is 0 Å². The molecule has 0 N–H and O–H groups in total. The Bertz CT molecular complexity index is 935. The Kier molecular flexibility index (Phi) is 2.50. The van der Waals surface area contributed by atoms with Crippen LogP contribution < -0.4 is 5.63 Å². The van der Waals surface area contributed by atoms with E-state index in [1.807, 2.05) is 0 Å². The number of rotatable bonds is 2. The molecule has 0 saturated carbocycles. The van der Waals surface area contributed by atoms with E-state index < -0.39 is 5.63 Å². The lowest BCUT2D eigenvalue weighted by Gasteiger charge is -2.00. The summed E-state index contributed by atoms with van der Waals surface area (Å²) >= 11 is 0. The molecule has 0 spiro atoms. The predicted molar refractivity (Wildman–Crippen MR) is 72.6 cm³/mol. The summed E-state index contributed by atoms with van der Waals surface area (Å²) < 4.78 is 10.6. The number of nitrogens with zero attached hydrogens (tertiary/aromatic N) is 2. The Morgan fingerprint density at radius 3 is 2.30 bits per heavy atom. The molecule has 0 atom stereocenters. The van der Waals surface area contributed by atoms with Crippen molar-refractivity contribution in [1.82, 2.24) is 0 Å². The molecule has 7 nitrogen and oxygen atoms in total. The van der Waals surface area contributed by atoms with E-state index in [4.69, 9.17) is 8.83 Å². The van der Waals surface area contributed by atoms with E-state index in [9.17, 15) is 14.6 Å². The molecule has 0 radical (unpaired) electrons. The van der Waals surface area contributed by atoms with Crippen LogP contribution in [0, 0.1) is 23.7 Å². The molecule has 0 aliphatic rings. The lowest BCUT2D eigenvalue weighted by atomic mass is 10.1. The summed E-state index contributed by atoms with van der Waals surface area (Å²) in [5.74, 6) is 0.404. The van der Waals surface area contributed by atoms with Gasteiger partial charge in [-0.1, -0.05) is 0 Å². The molecule has 3 rings (SSSR count). The Morgan fingerprint density at radius 1 is 0.950 bits per heavy atom. The Balaban J connectivity index is 2.63. The van der Waals surface area contributed by atoms with Crippen molar-refractivity contribution in [3.63, 3.8) is 0 Å². The second kappa shape index (κ2) is 4.09. The van der Waals surface area contributed by atoms with Crippen LogP contribution >= 0.6 is 0 Å². The molecule has 100 valence electrons. The van der Waals surface area contributed by atoms with Gasteiger partial charge in [-0.15, -0.1) is 9.81 Å². The maximum absolute atomic E-state index is 12.0. The summed E-state index contributed by atoms with van der Waals surface area (Å²) in [4.78, 5) is 33.6. The summed E-state index contributed by atoms with van der Waals surface area (Å²) in [5, 5.41) is 6.20. The molecule has 7 heteroatoms. The fraction of sp³-hybridized carbons (Fsp3) is 0.154. The number of furan rings is 1. The number of benzene rings is 1. The largest absolute Gasteiger partial charge is 0.456 e. The second-order valence-electron chi connectivity index (χ2n) is 4.41. The minimum Gasteiger partial charge on any atom is -0.456 e. The van der Waals surface area contributed by atoms with Crippen LogP contribution in [-0.4, -0.2) is 0 Å². The van der Waals surface area contributed by atoms with Gasteiger partial charge < -0.3 is 8.83 Å².